The summed E-state index contributed by atoms with van der Waals surface area (Å²) in [5.41, 5.74) is -0.106. The molecule has 0 aromatic carbocycles. The molecule has 0 radical (unpaired) electrons. The minimum absolute atomic E-state index is 0.106. The number of carbonyl (C=O) groups excluding carboxylic acids is 1. The zero-order chi connectivity index (χ0) is 12.3. The summed E-state index contributed by atoms with van der Waals surface area (Å²) in [4.78, 5) is 14.6. The summed E-state index contributed by atoms with van der Waals surface area (Å²) in [5, 5.41) is 6.42. The second-order valence-electron chi connectivity index (χ2n) is 5.74. The van der Waals surface area contributed by atoms with E-state index < -0.39 is 0 Å². The molecule has 1 saturated carbocycles. The fraction of sp³-hybridized carbons (Fsp3) is 0.923. The van der Waals surface area contributed by atoms with Gasteiger partial charge in [0.05, 0.1) is 5.41 Å². The van der Waals surface area contributed by atoms with Crippen LogP contribution in [0.3, 0.4) is 0 Å². The molecule has 2 rings (SSSR count). The van der Waals surface area contributed by atoms with E-state index in [9.17, 15) is 4.79 Å². The highest BCUT2D eigenvalue weighted by molar-refractivity contribution is 5.84. The van der Waals surface area contributed by atoms with Crippen LogP contribution in [0.5, 0.6) is 0 Å². The summed E-state index contributed by atoms with van der Waals surface area (Å²) >= 11 is 0. The van der Waals surface area contributed by atoms with Crippen LogP contribution in [-0.4, -0.2) is 50.6 Å². The van der Waals surface area contributed by atoms with Crippen LogP contribution in [0.1, 0.15) is 32.1 Å². The van der Waals surface area contributed by atoms with Crippen LogP contribution in [0, 0.1) is 5.41 Å². The van der Waals surface area contributed by atoms with Gasteiger partial charge in [0, 0.05) is 19.1 Å². The molecule has 1 amide bonds. The van der Waals surface area contributed by atoms with Gasteiger partial charge >= 0.3 is 0 Å². The summed E-state index contributed by atoms with van der Waals surface area (Å²) in [6, 6.07) is 0.357. The van der Waals surface area contributed by atoms with E-state index in [0.717, 1.165) is 38.9 Å². The van der Waals surface area contributed by atoms with Crippen molar-refractivity contribution in [3.8, 4) is 0 Å². The van der Waals surface area contributed by atoms with Crippen molar-refractivity contribution in [2.24, 2.45) is 5.41 Å². The number of nitrogens with zero attached hydrogens (tertiary/aromatic N) is 1. The maximum Gasteiger partial charge on any atom is 0.227 e. The second-order valence-corrected chi connectivity index (χ2v) is 5.74. The zero-order valence-electron chi connectivity index (χ0n) is 11.1. The van der Waals surface area contributed by atoms with Crippen molar-refractivity contribution >= 4 is 5.91 Å². The Kier molecular flexibility index (Phi) is 4.05. The van der Waals surface area contributed by atoms with Gasteiger partial charge in [-0.05, 0) is 46.3 Å². The number of likely N-dealkylation sites (N-methyl/N-ethyl adjacent to an activating group) is 1. The summed E-state index contributed by atoms with van der Waals surface area (Å²) < 4.78 is 0. The highest BCUT2D eigenvalue weighted by atomic mass is 16.2. The van der Waals surface area contributed by atoms with Gasteiger partial charge in [-0.25, -0.2) is 0 Å². The third kappa shape index (κ3) is 2.80. The van der Waals surface area contributed by atoms with Gasteiger partial charge in [-0.2, -0.15) is 0 Å². The third-order valence-corrected chi connectivity index (χ3v) is 4.27. The Morgan fingerprint density at radius 1 is 1.41 bits per heavy atom. The van der Waals surface area contributed by atoms with Crippen LogP contribution >= 0.6 is 0 Å². The number of carbonyl (C=O) groups is 1. The van der Waals surface area contributed by atoms with Crippen LogP contribution in [-0.2, 0) is 4.79 Å². The predicted octanol–water partition coefficient (Wildman–Crippen LogP) is 0.587. The van der Waals surface area contributed by atoms with Crippen LogP contribution < -0.4 is 10.6 Å². The topological polar surface area (TPSA) is 44.4 Å². The van der Waals surface area contributed by atoms with E-state index in [1.165, 1.54) is 12.8 Å². The van der Waals surface area contributed by atoms with Gasteiger partial charge in [-0.1, -0.05) is 6.42 Å². The molecule has 1 atom stereocenters. The van der Waals surface area contributed by atoms with E-state index in [-0.39, 0.29) is 11.3 Å². The first-order chi connectivity index (χ1) is 8.16. The monoisotopic (exact) mass is 239 g/mol. The molecule has 1 saturated heterocycles. The minimum atomic E-state index is -0.106. The molecule has 2 N–H and O–H groups in total. The van der Waals surface area contributed by atoms with E-state index in [1.807, 2.05) is 7.05 Å². The number of amides is 1. The van der Waals surface area contributed by atoms with Crippen molar-refractivity contribution in [1.82, 2.24) is 15.5 Å². The average molecular weight is 239 g/mol. The number of nitrogens with one attached hydrogen (secondary N) is 2. The largest absolute Gasteiger partial charge is 0.352 e. The molecule has 2 fully saturated rings. The normalized spacial score (nSPS) is 28.5. The van der Waals surface area contributed by atoms with Crippen molar-refractivity contribution in [2.45, 2.75) is 38.1 Å². The molecule has 98 valence electrons. The number of piperidine rings is 1. The minimum Gasteiger partial charge on any atom is -0.352 e. The van der Waals surface area contributed by atoms with E-state index in [2.05, 4.69) is 22.6 Å². The molecule has 0 spiro atoms. The number of likely N-dealkylation sites (tertiary alicyclic amines) is 1. The Hall–Kier alpha value is -0.610. The van der Waals surface area contributed by atoms with Crippen molar-refractivity contribution in [3.05, 3.63) is 0 Å². The summed E-state index contributed by atoms with van der Waals surface area (Å²) in [7, 11) is 4.06. The van der Waals surface area contributed by atoms with Gasteiger partial charge in [-0.3, -0.25) is 4.79 Å². The zero-order valence-corrected chi connectivity index (χ0v) is 11.1. The Morgan fingerprint density at radius 2 is 2.18 bits per heavy atom. The predicted molar refractivity (Wildman–Crippen MR) is 68.9 cm³/mol. The van der Waals surface area contributed by atoms with Crippen LogP contribution in [0.2, 0.25) is 0 Å². The number of hydrogen-bond acceptors (Lipinski definition) is 3. The van der Waals surface area contributed by atoms with Crippen molar-refractivity contribution < 1.29 is 4.79 Å². The van der Waals surface area contributed by atoms with Gasteiger partial charge in [0.2, 0.25) is 5.91 Å². The first-order valence-electron chi connectivity index (χ1n) is 6.80. The van der Waals surface area contributed by atoms with E-state index in [0.29, 0.717) is 6.04 Å². The molecule has 4 nitrogen and oxygen atoms in total. The van der Waals surface area contributed by atoms with Gasteiger partial charge in [-0.15, -0.1) is 0 Å². The smallest absolute Gasteiger partial charge is 0.227 e. The molecule has 1 aliphatic heterocycles. The first-order valence-corrected chi connectivity index (χ1v) is 6.80. The van der Waals surface area contributed by atoms with Crippen molar-refractivity contribution in [3.63, 3.8) is 0 Å². The van der Waals surface area contributed by atoms with Gasteiger partial charge in [0.1, 0.15) is 0 Å². The second kappa shape index (κ2) is 5.36. The molecule has 2 aliphatic rings. The highest BCUT2D eigenvalue weighted by Gasteiger charge is 2.44. The molecule has 4 heteroatoms. The van der Waals surface area contributed by atoms with E-state index in [1.54, 1.807) is 0 Å². The summed E-state index contributed by atoms with van der Waals surface area (Å²) in [6.45, 7) is 2.98. The van der Waals surface area contributed by atoms with Crippen LogP contribution in [0.4, 0.5) is 0 Å². The Labute approximate surface area is 104 Å². The molecule has 1 heterocycles. The maximum absolute atomic E-state index is 12.3. The molecule has 17 heavy (non-hydrogen) atoms. The Morgan fingerprint density at radius 3 is 2.71 bits per heavy atom. The molecule has 0 aromatic heterocycles. The molecule has 1 unspecified atom stereocenters. The first kappa shape index (κ1) is 12.8. The van der Waals surface area contributed by atoms with Crippen molar-refractivity contribution in [1.29, 1.82) is 0 Å². The third-order valence-electron chi connectivity index (χ3n) is 4.27. The maximum atomic E-state index is 12.3. The van der Waals surface area contributed by atoms with Crippen molar-refractivity contribution in [2.75, 3.05) is 33.7 Å². The lowest BCUT2D eigenvalue weighted by atomic mass is 9.68. The summed E-state index contributed by atoms with van der Waals surface area (Å²) in [5.74, 6) is 0.276. The number of hydrogen-bond donors (Lipinski definition) is 2. The standard InChI is InChI=1S/C13H25N3O/c1-14-10-13(6-4-7-13)12(17)15-11-5-3-8-16(2)9-11/h11,14H,3-10H2,1-2H3,(H,15,17). The van der Waals surface area contributed by atoms with Gasteiger partial charge in [0.15, 0.2) is 0 Å². The van der Waals surface area contributed by atoms with E-state index in [4.69, 9.17) is 0 Å². The molecule has 0 aromatic rings. The molecule has 1 aliphatic carbocycles. The Bertz CT molecular complexity index is 276. The highest BCUT2D eigenvalue weighted by Crippen LogP contribution is 2.40. The number of rotatable bonds is 4. The van der Waals surface area contributed by atoms with Gasteiger partial charge < -0.3 is 15.5 Å². The lowest BCUT2D eigenvalue weighted by molar-refractivity contribution is -0.136. The molecular weight excluding hydrogens is 214 g/mol. The average Bonchev–Trinajstić information content (AvgIpc) is 2.23. The fourth-order valence-electron chi connectivity index (χ4n) is 3.05. The fourth-order valence-corrected chi connectivity index (χ4v) is 3.05. The molecule has 0 bridgehead atoms. The van der Waals surface area contributed by atoms with Crippen LogP contribution in [0.25, 0.3) is 0 Å². The molecular formula is C13H25N3O. The Balaban J connectivity index is 1.87. The van der Waals surface area contributed by atoms with Gasteiger partial charge in [0.25, 0.3) is 0 Å². The SMILES string of the molecule is CNCC1(C(=O)NC2CCCN(C)C2)CCC1. The summed E-state index contributed by atoms with van der Waals surface area (Å²) in [6.07, 6.45) is 5.61. The quantitative estimate of drug-likeness (QED) is 0.754. The van der Waals surface area contributed by atoms with E-state index >= 15 is 0 Å². The lowest BCUT2D eigenvalue weighted by Crippen LogP contribution is -2.56. The lowest BCUT2D eigenvalue weighted by Gasteiger charge is -2.42. The van der Waals surface area contributed by atoms with Crippen LogP contribution in [0.15, 0.2) is 0 Å².